The van der Waals surface area contributed by atoms with E-state index in [1.807, 2.05) is 4.68 Å². The molecule has 1 unspecified atom stereocenters. The molecule has 5 heteroatoms. The van der Waals surface area contributed by atoms with Gasteiger partial charge in [-0.2, -0.15) is 5.10 Å². The van der Waals surface area contributed by atoms with Crippen LogP contribution in [0.5, 0.6) is 0 Å². The van der Waals surface area contributed by atoms with Crippen LogP contribution in [-0.2, 0) is 22.5 Å². The van der Waals surface area contributed by atoms with E-state index < -0.39 is 0 Å². The van der Waals surface area contributed by atoms with Gasteiger partial charge in [-0.25, -0.2) is 0 Å². The summed E-state index contributed by atoms with van der Waals surface area (Å²) in [4.78, 5) is 11.7. The highest BCUT2D eigenvalue weighted by Gasteiger charge is 2.32. The van der Waals surface area contributed by atoms with Crippen LogP contribution in [0.2, 0.25) is 0 Å². The number of nitrogens with two attached hydrogens (primary N) is 1. The van der Waals surface area contributed by atoms with Crippen LogP contribution >= 0.6 is 0 Å². The van der Waals surface area contributed by atoms with Gasteiger partial charge in [0.25, 0.3) is 0 Å². The Hall–Kier alpha value is -1.36. The third kappa shape index (κ3) is 2.91. The molecule has 2 N–H and O–H groups in total. The zero-order valence-electron chi connectivity index (χ0n) is 13.5. The highest BCUT2D eigenvalue weighted by atomic mass is 16.5. The second-order valence-corrected chi connectivity index (χ2v) is 6.64. The third-order valence-electron chi connectivity index (χ3n) is 5.28. The van der Waals surface area contributed by atoms with Crippen LogP contribution in [0, 0.1) is 0 Å². The minimum Gasteiger partial charge on any atom is -0.468 e. The Morgan fingerprint density at radius 3 is 2.73 bits per heavy atom. The lowest BCUT2D eigenvalue weighted by Gasteiger charge is -2.26. The topological polar surface area (TPSA) is 70.1 Å². The summed E-state index contributed by atoms with van der Waals surface area (Å²) in [6, 6.07) is 0. The number of nitrogens with zero attached hydrogens (tertiary/aromatic N) is 2. The molecule has 0 spiro atoms. The van der Waals surface area contributed by atoms with Gasteiger partial charge in [0.15, 0.2) is 0 Å². The quantitative estimate of drug-likeness (QED) is 0.868. The van der Waals surface area contributed by atoms with Crippen LogP contribution < -0.4 is 5.73 Å². The molecule has 0 bridgehead atoms. The summed E-state index contributed by atoms with van der Waals surface area (Å²) >= 11 is 0. The summed E-state index contributed by atoms with van der Waals surface area (Å²) in [5.41, 5.74) is 9.85. The Morgan fingerprint density at radius 1 is 1.27 bits per heavy atom. The lowest BCUT2D eigenvalue weighted by molar-refractivity contribution is -0.141. The first kappa shape index (κ1) is 15.5. The van der Waals surface area contributed by atoms with E-state index in [1.54, 1.807) is 0 Å². The number of aromatic nitrogens is 2. The van der Waals surface area contributed by atoms with Crippen molar-refractivity contribution in [3.8, 4) is 0 Å². The molecule has 1 aromatic heterocycles. The van der Waals surface area contributed by atoms with Gasteiger partial charge in [-0.1, -0.05) is 19.3 Å². The van der Waals surface area contributed by atoms with E-state index in [1.165, 1.54) is 56.2 Å². The molecule has 3 rings (SSSR count). The average molecular weight is 305 g/mol. The number of methoxy groups -OCH3 is 1. The van der Waals surface area contributed by atoms with Crippen LogP contribution in [0.25, 0.3) is 0 Å². The number of ether oxygens (including phenoxy) is 1. The summed E-state index contributed by atoms with van der Waals surface area (Å²) in [7, 11) is 1.43. The number of carbonyl (C=O) groups is 1. The third-order valence-corrected chi connectivity index (χ3v) is 5.28. The Labute approximate surface area is 132 Å². The standard InChI is InChI=1S/C17H27N3O2/c1-22-15(21)11-20-14-9-5-8-13(10-18)16(14)17(19-20)12-6-3-2-4-7-12/h12-13H,2-11,18H2,1H3. The van der Waals surface area contributed by atoms with Crippen molar-refractivity contribution >= 4 is 5.97 Å². The predicted molar refractivity (Wildman–Crippen MR) is 84.8 cm³/mol. The van der Waals surface area contributed by atoms with E-state index >= 15 is 0 Å². The lowest BCUT2D eigenvalue weighted by Crippen LogP contribution is -2.21. The summed E-state index contributed by atoms with van der Waals surface area (Å²) < 4.78 is 6.72. The molecule has 2 aliphatic carbocycles. The van der Waals surface area contributed by atoms with Crippen LogP contribution in [-0.4, -0.2) is 29.4 Å². The number of hydrogen-bond acceptors (Lipinski definition) is 4. The lowest BCUT2D eigenvalue weighted by atomic mass is 9.79. The molecule has 0 saturated heterocycles. The molecule has 5 nitrogen and oxygen atoms in total. The summed E-state index contributed by atoms with van der Waals surface area (Å²) in [5.74, 6) is 0.732. The molecule has 1 aromatic rings. The fourth-order valence-electron chi connectivity index (χ4n) is 4.13. The number of esters is 1. The molecular weight excluding hydrogens is 278 g/mol. The van der Waals surface area contributed by atoms with Gasteiger partial charge in [-0.15, -0.1) is 0 Å². The average Bonchev–Trinajstić information content (AvgIpc) is 2.94. The summed E-state index contributed by atoms with van der Waals surface area (Å²) in [6.45, 7) is 0.902. The zero-order valence-corrected chi connectivity index (χ0v) is 13.5. The zero-order chi connectivity index (χ0) is 15.5. The number of rotatable bonds is 4. The van der Waals surface area contributed by atoms with Crippen molar-refractivity contribution in [2.45, 2.75) is 69.7 Å². The molecule has 0 aromatic carbocycles. The van der Waals surface area contributed by atoms with Gasteiger partial charge in [0.05, 0.1) is 12.8 Å². The largest absolute Gasteiger partial charge is 0.468 e. The molecule has 1 saturated carbocycles. The van der Waals surface area contributed by atoms with Crippen LogP contribution in [0.4, 0.5) is 0 Å². The Balaban J connectivity index is 1.98. The molecule has 0 radical (unpaired) electrons. The number of fused-ring (bicyclic) bond motifs is 1. The number of hydrogen-bond donors (Lipinski definition) is 1. The van der Waals surface area contributed by atoms with E-state index in [2.05, 4.69) is 0 Å². The van der Waals surface area contributed by atoms with Crippen molar-refractivity contribution in [2.75, 3.05) is 13.7 Å². The maximum Gasteiger partial charge on any atom is 0.327 e. The van der Waals surface area contributed by atoms with Gasteiger partial charge in [0, 0.05) is 17.2 Å². The van der Waals surface area contributed by atoms with E-state index in [4.69, 9.17) is 15.6 Å². The highest BCUT2D eigenvalue weighted by Crippen LogP contribution is 2.41. The molecule has 1 fully saturated rings. The van der Waals surface area contributed by atoms with Crippen LogP contribution in [0.3, 0.4) is 0 Å². The van der Waals surface area contributed by atoms with Crippen molar-refractivity contribution in [1.29, 1.82) is 0 Å². The van der Waals surface area contributed by atoms with Crippen molar-refractivity contribution in [2.24, 2.45) is 5.73 Å². The van der Waals surface area contributed by atoms with Gasteiger partial charge < -0.3 is 10.5 Å². The first-order valence-electron chi connectivity index (χ1n) is 8.61. The first-order valence-corrected chi connectivity index (χ1v) is 8.61. The summed E-state index contributed by atoms with van der Waals surface area (Å²) in [5, 5.41) is 4.86. The second kappa shape index (κ2) is 6.82. The van der Waals surface area contributed by atoms with Crippen molar-refractivity contribution in [3.05, 3.63) is 17.0 Å². The van der Waals surface area contributed by atoms with E-state index in [9.17, 15) is 4.79 Å². The van der Waals surface area contributed by atoms with Gasteiger partial charge in [0.1, 0.15) is 6.54 Å². The second-order valence-electron chi connectivity index (χ2n) is 6.64. The Morgan fingerprint density at radius 2 is 2.05 bits per heavy atom. The monoisotopic (exact) mass is 305 g/mol. The van der Waals surface area contributed by atoms with Crippen LogP contribution in [0.1, 0.15) is 73.7 Å². The maximum atomic E-state index is 11.7. The predicted octanol–water partition coefficient (Wildman–Crippen LogP) is 2.48. The molecule has 122 valence electrons. The summed E-state index contributed by atoms with van der Waals surface area (Å²) in [6.07, 6.45) is 9.63. The van der Waals surface area contributed by atoms with E-state index in [-0.39, 0.29) is 12.5 Å². The van der Waals surface area contributed by atoms with Gasteiger partial charge in [-0.3, -0.25) is 9.48 Å². The molecule has 0 aliphatic heterocycles. The molecule has 2 aliphatic rings. The van der Waals surface area contributed by atoms with E-state index in [0.29, 0.717) is 18.4 Å². The SMILES string of the molecule is COC(=O)Cn1nc(C2CCCCC2)c2c1CCCC2CN. The minimum absolute atomic E-state index is 0.225. The first-order chi connectivity index (χ1) is 10.7. The van der Waals surface area contributed by atoms with Crippen molar-refractivity contribution < 1.29 is 9.53 Å². The normalized spacial score (nSPS) is 22.4. The van der Waals surface area contributed by atoms with Gasteiger partial charge >= 0.3 is 5.97 Å². The van der Waals surface area contributed by atoms with Gasteiger partial charge in [-0.05, 0) is 44.6 Å². The molecular formula is C17H27N3O2. The van der Waals surface area contributed by atoms with Crippen LogP contribution in [0.15, 0.2) is 0 Å². The minimum atomic E-state index is -0.227. The van der Waals surface area contributed by atoms with E-state index in [0.717, 1.165) is 19.3 Å². The Bertz CT molecular complexity index is 532. The Kier molecular flexibility index (Phi) is 4.81. The fraction of sp³-hybridized carbons (Fsp3) is 0.765. The molecule has 1 heterocycles. The molecule has 22 heavy (non-hydrogen) atoms. The van der Waals surface area contributed by atoms with Crippen molar-refractivity contribution in [1.82, 2.24) is 9.78 Å². The number of carbonyl (C=O) groups excluding carboxylic acids is 1. The highest BCUT2D eigenvalue weighted by molar-refractivity contribution is 5.69. The maximum absolute atomic E-state index is 11.7. The molecule has 1 atom stereocenters. The fourth-order valence-corrected chi connectivity index (χ4v) is 4.13. The smallest absolute Gasteiger partial charge is 0.327 e. The molecule has 0 amide bonds. The van der Waals surface area contributed by atoms with Crippen molar-refractivity contribution in [3.63, 3.8) is 0 Å². The van der Waals surface area contributed by atoms with Gasteiger partial charge in [0.2, 0.25) is 0 Å².